The average molecular weight is 208 g/mol. The summed E-state index contributed by atoms with van der Waals surface area (Å²) in [4.78, 5) is 0. The molecule has 4 heteroatoms. The van der Waals surface area contributed by atoms with Crippen LogP contribution >= 0.6 is 0 Å². The van der Waals surface area contributed by atoms with Gasteiger partial charge in [-0.05, 0) is 17.7 Å². The summed E-state index contributed by atoms with van der Waals surface area (Å²) in [6, 6.07) is 5.00. The van der Waals surface area contributed by atoms with E-state index in [0.717, 1.165) is 12.0 Å². The Morgan fingerprint density at radius 1 is 1.60 bits per heavy atom. The number of halogens is 1. The minimum atomic E-state index is -0.359. The molecule has 0 radical (unpaired) electrons. The molecule has 1 aromatic rings. The third-order valence-electron chi connectivity index (χ3n) is 2.67. The number of benzene rings is 1. The summed E-state index contributed by atoms with van der Waals surface area (Å²) in [7, 11) is 1.89. The molecule has 1 aromatic carbocycles. The Kier molecular flexibility index (Phi) is 2.68. The fraction of sp³-hybridized carbons (Fsp3) is 0.364. The highest BCUT2D eigenvalue weighted by Gasteiger charge is 2.19. The van der Waals surface area contributed by atoms with Crippen LogP contribution in [-0.4, -0.2) is 23.4 Å². The molecule has 0 aromatic heterocycles. The maximum Gasteiger partial charge on any atom is 0.128 e. The molecule has 1 heterocycles. The summed E-state index contributed by atoms with van der Waals surface area (Å²) in [6.45, 7) is -0.267. The van der Waals surface area contributed by atoms with Gasteiger partial charge in [0.1, 0.15) is 5.82 Å². The first kappa shape index (κ1) is 10.1. The molecular formula is C11H13FN2O. The van der Waals surface area contributed by atoms with E-state index in [1.165, 1.54) is 6.07 Å². The monoisotopic (exact) mass is 208 g/mol. The lowest BCUT2D eigenvalue weighted by atomic mass is 10.0. The van der Waals surface area contributed by atoms with E-state index in [0.29, 0.717) is 5.56 Å². The SMILES string of the molecule is CN1N=CCC1c1ccc(F)c(CO)c1. The van der Waals surface area contributed by atoms with E-state index in [-0.39, 0.29) is 18.5 Å². The summed E-state index contributed by atoms with van der Waals surface area (Å²) in [5, 5.41) is 14.9. The van der Waals surface area contributed by atoms with Crippen molar-refractivity contribution in [3.8, 4) is 0 Å². The molecule has 0 spiro atoms. The third kappa shape index (κ3) is 1.85. The smallest absolute Gasteiger partial charge is 0.128 e. The fourth-order valence-electron chi connectivity index (χ4n) is 1.78. The van der Waals surface area contributed by atoms with Gasteiger partial charge in [0.2, 0.25) is 0 Å². The summed E-state index contributed by atoms with van der Waals surface area (Å²) >= 11 is 0. The molecule has 1 aliphatic rings. The number of hydrazone groups is 1. The van der Waals surface area contributed by atoms with Crippen LogP contribution < -0.4 is 0 Å². The number of hydrogen-bond acceptors (Lipinski definition) is 3. The van der Waals surface area contributed by atoms with E-state index >= 15 is 0 Å². The molecule has 0 fully saturated rings. The normalized spacial score (nSPS) is 19.9. The Morgan fingerprint density at radius 2 is 2.40 bits per heavy atom. The zero-order valence-corrected chi connectivity index (χ0v) is 8.52. The quantitative estimate of drug-likeness (QED) is 0.802. The van der Waals surface area contributed by atoms with E-state index in [1.54, 1.807) is 12.1 Å². The molecule has 0 saturated heterocycles. The van der Waals surface area contributed by atoms with Gasteiger partial charge in [-0.1, -0.05) is 6.07 Å². The molecule has 15 heavy (non-hydrogen) atoms. The van der Waals surface area contributed by atoms with Crippen molar-refractivity contribution in [2.24, 2.45) is 5.10 Å². The van der Waals surface area contributed by atoms with E-state index in [9.17, 15) is 4.39 Å². The second kappa shape index (κ2) is 3.98. The topological polar surface area (TPSA) is 35.8 Å². The Hall–Kier alpha value is -1.42. The largest absolute Gasteiger partial charge is 0.392 e. The molecule has 0 saturated carbocycles. The predicted molar refractivity (Wildman–Crippen MR) is 55.9 cm³/mol. The van der Waals surface area contributed by atoms with Gasteiger partial charge in [0.05, 0.1) is 12.6 Å². The lowest BCUT2D eigenvalue weighted by Gasteiger charge is -2.19. The molecular weight excluding hydrogens is 195 g/mol. The van der Waals surface area contributed by atoms with Crippen LogP contribution in [0.4, 0.5) is 4.39 Å². The number of aliphatic hydroxyl groups excluding tert-OH is 1. The van der Waals surface area contributed by atoms with Crippen LogP contribution in [0, 0.1) is 5.82 Å². The van der Waals surface area contributed by atoms with Crippen molar-refractivity contribution in [3.63, 3.8) is 0 Å². The van der Waals surface area contributed by atoms with Crippen LogP contribution in [0.3, 0.4) is 0 Å². The maximum absolute atomic E-state index is 13.1. The average Bonchev–Trinajstić information content (AvgIpc) is 2.65. The predicted octanol–water partition coefficient (Wildman–Crippen LogP) is 1.68. The Labute approximate surface area is 87.8 Å². The van der Waals surface area contributed by atoms with Crippen molar-refractivity contribution >= 4 is 6.21 Å². The van der Waals surface area contributed by atoms with Crippen molar-refractivity contribution < 1.29 is 9.50 Å². The highest BCUT2D eigenvalue weighted by molar-refractivity contribution is 5.60. The Balaban J connectivity index is 2.29. The first-order valence-corrected chi connectivity index (χ1v) is 4.87. The number of hydrogen-bond donors (Lipinski definition) is 1. The van der Waals surface area contributed by atoms with E-state index in [1.807, 2.05) is 18.3 Å². The van der Waals surface area contributed by atoms with Crippen LogP contribution in [0.2, 0.25) is 0 Å². The van der Waals surface area contributed by atoms with Gasteiger partial charge in [0.25, 0.3) is 0 Å². The van der Waals surface area contributed by atoms with Gasteiger partial charge in [0.15, 0.2) is 0 Å². The second-order valence-corrected chi connectivity index (χ2v) is 3.63. The van der Waals surface area contributed by atoms with Crippen LogP contribution in [-0.2, 0) is 6.61 Å². The van der Waals surface area contributed by atoms with E-state index in [2.05, 4.69) is 5.10 Å². The van der Waals surface area contributed by atoms with Gasteiger partial charge in [0, 0.05) is 25.2 Å². The summed E-state index contributed by atoms with van der Waals surface area (Å²) in [5.74, 6) is -0.359. The first-order valence-electron chi connectivity index (χ1n) is 4.87. The van der Waals surface area contributed by atoms with Crippen molar-refractivity contribution in [3.05, 3.63) is 35.1 Å². The highest BCUT2D eigenvalue weighted by atomic mass is 19.1. The molecule has 0 bridgehead atoms. The zero-order chi connectivity index (χ0) is 10.8. The second-order valence-electron chi connectivity index (χ2n) is 3.63. The van der Waals surface area contributed by atoms with E-state index in [4.69, 9.17) is 5.11 Å². The van der Waals surface area contributed by atoms with Gasteiger partial charge < -0.3 is 5.11 Å². The lowest BCUT2D eigenvalue weighted by molar-refractivity contribution is 0.272. The van der Waals surface area contributed by atoms with Gasteiger partial charge in [-0.25, -0.2) is 4.39 Å². The molecule has 1 unspecified atom stereocenters. The molecule has 1 atom stereocenters. The summed E-state index contributed by atoms with van der Waals surface area (Å²) < 4.78 is 13.1. The van der Waals surface area contributed by atoms with Crippen molar-refractivity contribution in [1.29, 1.82) is 0 Å². The Morgan fingerprint density at radius 3 is 3.00 bits per heavy atom. The van der Waals surface area contributed by atoms with Crippen LogP contribution in [0.5, 0.6) is 0 Å². The van der Waals surface area contributed by atoms with Crippen LogP contribution in [0.15, 0.2) is 23.3 Å². The highest BCUT2D eigenvalue weighted by Crippen LogP contribution is 2.27. The van der Waals surface area contributed by atoms with Crippen molar-refractivity contribution in [1.82, 2.24) is 5.01 Å². The van der Waals surface area contributed by atoms with Crippen molar-refractivity contribution in [2.45, 2.75) is 19.1 Å². The van der Waals surface area contributed by atoms with Gasteiger partial charge in [-0.2, -0.15) is 5.10 Å². The molecule has 1 N–H and O–H groups in total. The summed E-state index contributed by atoms with van der Waals surface area (Å²) in [5.41, 5.74) is 1.33. The lowest BCUT2D eigenvalue weighted by Crippen LogP contribution is -2.14. The summed E-state index contributed by atoms with van der Waals surface area (Å²) in [6.07, 6.45) is 2.67. The minimum Gasteiger partial charge on any atom is -0.392 e. The number of aliphatic hydroxyl groups is 1. The molecule has 80 valence electrons. The van der Waals surface area contributed by atoms with E-state index < -0.39 is 0 Å². The van der Waals surface area contributed by atoms with Crippen molar-refractivity contribution in [2.75, 3.05) is 7.05 Å². The van der Waals surface area contributed by atoms with Gasteiger partial charge in [-0.15, -0.1) is 0 Å². The standard InChI is InChI=1S/C11H13FN2O/c1-14-11(4-5-13-14)8-2-3-10(12)9(6-8)7-15/h2-3,5-6,11,15H,4,7H2,1H3. The molecule has 1 aliphatic heterocycles. The Bertz CT molecular complexity index is 392. The molecule has 0 aliphatic carbocycles. The fourth-order valence-corrected chi connectivity index (χ4v) is 1.78. The molecule has 3 nitrogen and oxygen atoms in total. The maximum atomic E-state index is 13.1. The molecule has 0 amide bonds. The van der Waals surface area contributed by atoms with Gasteiger partial charge >= 0.3 is 0 Å². The van der Waals surface area contributed by atoms with Crippen LogP contribution in [0.25, 0.3) is 0 Å². The first-order chi connectivity index (χ1) is 7.22. The number of rotatable bonds is 2. The van der Waals surface area contributed by atoms with Crippen LogP contribution in [0.1, 0.15) is 23.6 Å². The third-order valence-corrected chi connectivity index (χ3v) is 2.67. The van der Waals surface area contributed by atoms with Gasteiger partial charge in [-0.3, -0.25) is 5.01 Å². The number of nitrogens with zero attached hydrogens (tertiary/aromatic N) is 2. The molecule has 2 rings (SSSR count). The zero-order valence-electron chi connectivity index (χ0n) is 8.52. The minimum absolute atomic E-state index is 0.163.